The molecule has 1 aliphatic carbocycles. The van der Waals surface area contributed by atoms with E-state index in [-0.39, 0.29) is 5.97 Å². The lowest BCUT2D eigenvalue weighted by Crippen LogP contribution is -2.51. The van der Waals surface area contributed by atoms with Gasteiger partial charge in [0.15, 0.2) is 0 Å². The SMILES string of the molecule is COC(=O)c1ccc(-c2ccc(N3CCN([C@H]4CC[C@H](C)CC4)CC3)cc2)cc1. The molecule has 1 saturated carbocycles. The van der Waals surface area contributed by atoms with Gasteiger partial charge in [-0.05, 0) is 67.0 Å². The van der Waals surface area contributed by atoms with Crippen LogP contribution in [0.15, 0.2) is 48.5 Å². The van der Waals surface area contributed by atoms with Gasteiger partial charge in [-0.25, -0.2) is 4.79 Å². The van der Waals surface area contributed by atoms with Crippen molar-refractivity contribution in [1.82, 2.24) is 4.90 Å². The summed E-state index contributed by atoms with van der Waals surface area (Å²) in [5.41, 5.74) is 4.16. The molecule has 0 amide bonds. The normalized spacial score (nSPS) is 23.0. The van der Waals surface area contributed by atoms with Crippen LogP contribution < -0.4 is 4.90 Å². The Labute approximate surface area is 174 Å². The molecule has 4 rings (SSSR count). The van der Waals surface area contributed by atoms with Crippen LogP contribution in [0, 0.1) is 5.92 Å². The van der Waals surface area contributed by atoms with Crippen LogP contribution in [0.5, 0.6) is 0 Å². The number of ether oxygens (including phenoxy) is 1. The molecule has 4 heteroatoms. The number of carbonyl (C=O) groups is 1. The minimum atomic E-state index is -0.297. The first-order valence-electron chi connectivity index (χ1n) is 10.9. The molecule has 0 aromatic heterocycles. The number of methoxy groups -OCH3 is 1. The maximum Gasteiger partial charge on any atom is 0.337 e. The first kappa shape index (κ1) is 20.0. The van der Waals surface area contributed by atoms with E-state index in [0.717, 1.165) is 30.6 Å². The number of rotatable bonds is 4. The summed E-state index contributed by atoms with van der Waals surface area (Å²) < 4.78 is 4.77. The second kappa shape index (κ2) is 9.00. The number of hydrogen-bond donors (Lipinski definition) is 0. The van der Waals surface area contributed by atoms with Crippen LogP contribution in [-0.4, -0.2) is 50.2 Å². The van der Waals surface area contributed by atoms with Crippen LogP contribution in [0.3, 0.4) is 0 Å². The van der Waals surface area contributed by atoms with Crippen molar-refractivity contribution in [1.29, 1.82) is 0 Å². The van der Waals surface area contributed by atoms with Crippen LogP contribution in [0.4, 0.5) is 5.69 Å². The lowest BCUT2D eigenvalue weighted by atomic mass is 9.86. The molecule has 29 heavy (non-hydrogen) atoms. The van der Waals surface area contributed by atoms with E-state index in [9.17, 15) is 4.79 Å². The molecular weight excluding hydrogens is 360 g/mol. The fraction of sp³-hybridized carbons (Fsp3) is 0.480. The zero-order valence-corrected chi connectivity index (χ0v) is 17.6. The average Bonchev–Trinajstić information content (AvgIpc) is 2.79. The second-order valence-corrected chi connectivity index (χ2v) is 8.55. The molecule has 0 N–H and O–H groups in total. The van der Waals surface area contributed by atoms with Crippen molar-refractivity contribution >= 4 is 11.7 Å². The number of carbonyl (C=O) groups excluding carboxylic acids is 1. The molecule has 2 aliphatic rings. The fourth-order valence-corrected chi connectivity index (χ4v) is 4.73. The second-order valence-electron chi connectivity index (χ2n) is 8.55. The molecular formula is C25H32N2O2. The van der Waals surface area contributed by atoms with E-state index in [0.29, 0.717) is 5.56 Å². The van der Waals surface area contributed by atoms with E-state index < -0.39 is 0 Å². The Balaban J connectivity index is 1.34. The van der Waals surface area contributed by atoms with E-state index in [1.807, 2.05) is 24.3 Å². The Morgan fingerprint density at radius 2 is 1.38 bits per heavy atom. The van der Waals surface area contributed by atoms with Gasteiger partial charge in [0.1, 0.15) is 0 Å². The molecule has 2 fully saturated rings. The zero-order valence-electron chi connectivity index (χ0n) is 17.6. The maximum absolute atomic E-state index is 11.6. The monoisotopic (exact) mass is 392 g/mol. The predicted molar refractivity (Wildman–Crippen MR) is 118 cm³/mol. The van der Waals surface area contributed by atoms with Crippen molar-refractivity contribution in [2.75, 3.05) is 38.2 Å². The summed E-state index contributed by atoms with van der Waals surface area (Å²) in [5, 5.41) is 0. The maximum atomic E-state index is 11.6. The highest BCUT2D eigenvalue weighted by Gasteiger charge is 2.27. The number of benzene rings is 2. The molecule has 154 valence electrons. The van der Waals surface area contributed by atoms with Crippen LogP contribution in [0.1, 0.15) is 43.0 Å². The van der Waals surface area contributed by atoms with Gasteiger partial charge in [-0.2, -0.15) is 0 Å². The van der Waals surface area contributed by atoms with Crippen molar-refractivity contribution < 1.29 is 9.53 Å². The molecule has 0 bridgehead atoms. The Hall–Kier alpha value is -2.33. The molecule has 1 saturated heterocycles. The summed E-state index contributed by atoms with van der Waals surface area (Å²) in [5.74, 6) is 0.622. The number of anilines is 1. The van der Waals surface area contributed by atoms with E-state index in [1.165, 1.54) is 57.1 Å². The van der Waals surface area contributed by atoms with Gasteiger partial charge in [0.25, 0.3) is 0 Å². The molecule has 2 aromatic carbocycles. The predicted octanol–water partition coefficient (Wildman–Crippen LogP) is 4.84. The first-order valence-corrected chi connectivity index (χ1v) is 10.9. The largest absolute Gasteiger partial charge is 0.465 e. The standard InChI is InChI=1S/C25H32N2O2/c1-19-3-11-23(12-4-19)26-15-17-27(18-16-26)24-13-9-21(10-14-24)20-5-7-22(8-6-20)25(28)29-2/h5-10,13-14,19,23H,3-4,11-12,15-18H2,1-2H3/t19-,23-. The van der Waals surface area contributed by atoms with Crippen molar-refractivity contribution in [3.63, 3.8) is 0 Å². The molecule has 0 atom stereocenters. The Bertz CT molecular complexity index is 800. The van der Waals surface area contributed by atoms with E-state index in [1.54, 1.807) is 0 Å². The van der Waals surface area contributed by atoms with Gasteiger partial charge >= 0.3 is 5.97 Å². The van der Waals surface area contributed by atoms with Gasteiger partial charge in [-0.1, -0.05) is 31.2 Å². The van der Waals surface area contributed by atoms with E-state index in [4.69, 9.17) is 4.74 Å². The molecule has 2 aromatic rings. The Kier molecular flexibility index (Phi) is 6.19. The topological polar surface area (TPSA) is 32.8 Å². The molecule has 0 spiro atoms. The van der Waals surface area contributed by atoms with Gasteiger partial charge in [-0.3, -0.25) is 4.90 Å². The molecule has 0 radical (unpaired) electrons. The third kappa shape index (κ3) is 4.64. The fourth-order valence-electron chi connectivity index (χ4n) is 4.73. The summed E-state index contributed by atoms with van der Waals surface area (Å²) >= 11 is 0. The van der Waals surface area contributed by atoms with Crippen LogP contribution >= 0.6 is 0 Å². The third-order valence-corrected chi connectivity index (χ3v) is 6.69. The van der Waals surface area contributed by atoms with Crippen LogP contribution in [0.2, 0.25) is 0 Å². The molecule has 4 nitrogen and oxygen atoms in total. The lowest BCUT2D eigenvalue weighted by Gasteiger charge is -2.42. The van der Waals surface area contributed by atoms with Gasteiger partial charge in [0, 0.05) is 37.9 Å². The summed E-state index contributed by atoms with van der Waals surface area (Å²) in [6.07, 6.45) is 5.55. The van der Waals surface area contributed by atoms with E-state index >= 15 is 0 Å². The number of nitrogens with zero attached hydrogens (tertiary/aromatic N) is 2. The summed E-state index contributed by atoms with van der Waals surface area (Å²) in [6, 6.07) is 17.2. The Morgan fingerprint density at radius 3 is 1.93 bits per heavy atom. The first-order chi connectivity index (χ1) is 14.1. The zero-order chi connectivity index (χ0) is 20.2. The van der Waals surface area contributed by atoms with Crippen molar-refractivity contribution in [3.8, 4) is 11.1 Å². The van der Waals surface area contributed by atoms with Crippen molar-refractivity contribution in [2.45, 2.75) is 38.6 Å². The van der Waals surface area contributed by atoms with Crippen molar-refractivity contribution in [3.05, 3.63) is 54.1 Å². The average molecular weight is 393 g/mol. The third-order valence-electron chi connectivity index (χ3n) is 6.69. The van der Waals surface area contributed by atoms with Gasteiger partial charge in [0.2, 0.25) is 0 Å². The lowest BCUT2D eigenvalue weighted by molar-refractivity contribution is 0.0601. The number of piperazine rings is 1. The highest BCUT2D eigenvalue weighted by atomic mass is 16.5. The Morgan fingerprint density at radius 1 is 0.828 bits per heavy atom. The smallest absolute Gasteiger partial charge is 0.337 e. The number of esters is 1. The minimum absolute atomic E-state index is 0.297. The number of hydrogen-bond acceptors (Lipinski definition) is 4. The summed E-state index contributed by atoms with van der Waals surface area (Å²) in [6.45, 7) is 6.97. The highest BCUT2D eigenvalue weighted by molar-refractivity contribution is 5.90. The molecule has 1 aliphatic heterocycles. The summed E-state index contributed by atoms with van der Waals surface area (Å²) in [7, 11) is 1.41. The highest BCUT2D eigenvalue weighted by Crippen LogP contribution is 2.29. The van der Waals surface area contributed by atoms with Crippen LogP contribution in [-0.2, 0) is 4.74 Å². The van der Waals surface area contributed by atoms with Gasteiger partial charge < -0.3 is 9.64 Å². The molecule has 1 heterocycles. The van der Waals surface area contributed by atoms with E-state index in [2.05, 4.69) is 41.0 Å². The quantitative estimate of drug-likeness (QED) is 0.697. The van der Waals surface area contributed by atoms with Crippen molar-refractivity contribution in [2.24, 2.45) is 5.92 Å². The molecule has 0 unspecified atom stereocenters. The summed E-state index contributed by atoms with van der Waals surface area (Å²) in [4.78, 5) is 16.8. The minimum Gasteiger partial charge on any atom is -0.465 e. The van der Waals surface area contributed by atoms with Gasteiger partial charge in [-0.15, -0.1) is 0 Å². The van der Waals surface area contributed by atoms with Crippen LogP contribution in [0.25, 0.3) is 11.1 Å². The van der Waals surface area contributed by atoms with Gasteiger partial charge in [0.05, 0.1) is 12.7 Å².